The Bertz CT molecular complexity index is 1560. The molecule has 0 bridgehead atoms. The number of fused-ring (bicyclic) bond motifs is 3. The summed E-state index contributed by atoms with van der Waals surface area (Å²) in [5.41, 5.74) is -0.837. The van der Waals surface area contributed by atoms with Crippen LogP contribution in [0, 0.1) is 11.8 Å². The van der Waals surface area contributed by atoms with Crippen molar-refractivity contribution >= 4 is 11.9 Å². The SMILES string of the molecule is CC1OC(OC2C3C=COC(OC4OC(CO)C(O)C(O)C4O)C3C3(CO)OC23)C(OC(=O)c2ccccc2)C(O)C1OC(=O)c1ccccc1. The number of carbonyl (C=O) groups is 2. The highest BCUT2D eigenvalue weighted by Gasteiger charge is 2.77. The molecule has 51 heavy (non-hydrogen) atoms. The van der Waals surface area contributed by atoms with Gasteiger partial charge in [0.2, 0.25) is 6.29 Å². The molecule has 16 unspecified atom stereocenters. The van der Waals surface area contributed by atoms with Gasteiger partial charge in [-0.1, -0.05) is 36.4 Å². The van der Waals surface area contributed by atoms with E-state index < -0.39 is 122 Å². The van der Waals surface area contributed by atoms with E-state index in [1.165, 1.54) is 18.4 Å². The summed E-state index contributed by atoms with van der Waals surface area (Å²) in [6.45, 7) is 0.399. The van der Waals surface area contributed by atoms with Crippen LogP contribution in [-0.2, 0) is 37.9 Å². The van der Waals surface area contributed by atoms with Gasteiger partial charge in [-0.3, -0.25) is 0 Å². The summed E-state index contributed by atoms with van der Waals surface area (Å²) in [6.07, 6.45) is -14.4. The smallest absolute Gasteiger partial charge is 0.338 e. The number of esters is 2. The van der Waals surface area contributed by atoms with Gasteiger partial charge in [0, 0.05) is 5.92 Å². The van der Waals surface area contributed by atoms with Gasteiger partial charge in [-0.25, -0.2) is 9.59 Å². The molecule has 16 atom stereocenters. The molecule has 5 aliphatic rings. The van der Waals surface area contributed by atoms with E-state index in [9.17, 15) is 40.2 Å². The second-order valence-electron chi connectivity index (χ2n) is 13.2. The van der Waals surface area contributed by atoms with E-state index in [1.807, 2.05) is 0 Å². The molecular formula is C35H40O16. The lowest BCUT2D eigenvalue weighted by Gasteiger charge is -2.44. The van der Waals surface area contributed by atoms with Gasteiger partial charge < -0.3 is 68.5 Å². The lowest BCUT2D eigenvalue weighted by Crippen LogP contribution is -2.61. The molecule has 6 N–H and O–H groups in total. The molecule has 16 nitrogen and oxygen atoms in total. The summed E-state index contributed by atoms with van der Waals surface area (Å²) >= 11 is 0. The number of carbonyl (C=O) groups excluding carboxylic acids is 2. The Morgan fingerprint density at radius 1 is 0.725 bits per heavy atom. The molecule has 4 fully saturated rings. The van der Waals surface area contributed by atoms with Crippen LogP contribution in [0.2, 0.25) is 0 Å². The maximum absolute atomic E-state index is 13.3. The molecule has 4 aliphatic heterocycles. The summed E-state index contributed by atoms with van der Waals surface area (Å²) in [5, 5.41) is 62.9. The number of rotatable bonds is 10. The first-order chi connectivity index (χ1) is 24.6. The van der Waals surface area contributed by atoms with E-state index >= 15 is 0 Å². The molecule has 0 amide bonds. The highest BCUT2D eigenvalue weighted by molar-refractivity contribution is 5.90. The van der Waals surface area contributed by atoms with Crippen LogP contribution >= 0.6 is 0 Å². The molecule has 7 rings (SSSR count). The summed E-state index contributed by atoms with van der Waals surface area (Å²) in [5.74, 6) is -2.91. The van der Waals surface area contributed by atoms with Crippen molar-refractivity contribution in [2.75, 3.05) is 13.2 Å². The van der Waals surface area contributed by atoms with E-state index in [0.29, 0.717) is 0 Å². The fourth-order valence-corrected chi connectivity index (χ4v) is 7.39. The Morgan fingerprint density at radius 3 is 1.96 bits per heavy atom. The first-order valence-corrected chi connectivity index (χ1v) is 16.7. The van der Waals surface area contributed by atoms with Crippen molar-refractivity contribution < 1.29 is 78.1 Å². The van der Waals surface area contributed by atoms with Crippen molar-refractivity contribution in [3.8, 4) is 0 Å². The maximum Gasteiger partial charge on any atom is 0.338 e. The Kier molecular flexibility index (Phi) is 10.2. The molecule has 0 aromatic heterocycles. The van der Waals surface area contributed by atoms with Gasteiger partial charge in [0.15, 0.2) is 24.8 Å². The van der Waals surface area contributed by atoms with Gasteiger partial charge in [0.1, 0.15) is 42.2 Å². The van der Waals surface area contributed by atoms with Crippen molar-refractivity contribution in [1.29, 1.82) is 0 Å². The predicted molar refractivity (Wildman–Crippen MR) is 167 cm³/mol. The van der Waals surface area contributed by atoms with Crippen LogP contribution in [0.25, 0.3) is 0 Å². The lowest BCUT2D eigenvalue weighted by molar-refractivity contribution is -0.346. The quantitative estimate of drug-likeness (QED) is 0.128. The van der Waals surface area contributed by atoms with Gasteiger partial charge in [-0.05, 0) is 37.3 Å². The number of ether oxygens (including phenoxy) is 8. The van der Waals surface area contributed by atoms with Crippen LogP contribution in [0.4, 0.5) is 0 Å². The van der Waals surface area contributed by atoms with E-state index in [-0.39, 0.29) is 11.1 Å². The van der Waals surface area contributed by atoms with Gasteiger partial charge in [-0.15, -0.1) is 0 Å². The Labute approximate surface area is 291 Å². The van der Waals surface area contributed by atoms with E-state index in [2.05, 4.69) is 0 Å². The normalized spacial score (nSPS) is 42.6. The molecule has 2 aromatic carbocycles. The molecular weight excluding hydrogens is 676 g/mol. The Morgan fingerprint density at radius 2 is 1.35 bits per heavy atom. The summed E-state index contributed by atoms with van der Waals surface area (Å²) in [4.78, 5) is 26.3. The first-order valence-electron chi connectivity index (χ1n) is 16.7. The zero-order chi connectivity index (χ0) is 36.0. The zero-order valence-corrected chi connectivity index (χ0v) is 27.3. The second kappa shape index (κ2) is 14.5. The van der Waals surface area contributed by atoms with Gasteiger partial charge in [0.05, 0.1) is 48.7 Å². The third-order valence-electron chi connectivity index (χ3n) is 10.1. The van der Waals surface area contributed by atoms with Crippen molar-refractivity contribution in [2.45, 2.75) is 92.4 Å². The van der Waals surface area contributed by atoms with Gasteiger partial charge >= 0.3 is 11.9 Å². The molecule has 1 saturated carbocycles. The average Bonchev–Trinajstić information content (AvgIpc) is 3.83. The van der Waals surface area contributed by atoms with Crippen LogP contribution < -0.4 is 0 Å². The lowest BCUT2D eigenvalue weighted by atomic mass is 9.85. The summed E-state index contributed by atoms with van der Waals surface area (Å²) in [7, 11) is 0. The number of hydrogen-bond acceptors (Lipinski definition) is 16. The van der Waals surface area contributed by atoms with Crippen LogP contribution in [0.15, 0.2) is 73.0 Å². The van der Waals surface area contributed by atoms with E-state index in [1.54, 1.807) is 61.5 Å². The maximum atomic E-state index is 13.3. The van der Waals surface area contributed by atoms with Gasteiger partial charge in [-0.2, -0.15) is 0 Å². The minimum Gasteiger partial charge on any atom is -0.472 e. The molecule has 3 saturated heterocycles. The number of hydrogen-bond donors (Lipinski definition) is 6. The third kappa shape index (κ3) is 6.55. The van der Waals surface area contributed by atoms with Crippen LogP contribution in [-0.4, -0.2) is 141 Å². The van der Waals surface area contributed by atoms with E-state index in [4.69, 9.17) is 37.9 Å². The number of aliphatic hydroxyl groups is 6. The topological polar surface area (TPSA) is 233 Å². The largest absolute Gasteiger partial charge is 0.472 e. The number of benzene rings is 2. The van der Waals surface area contributed by atoms with Crippen molar-refractivity contribution in [3.63, 3.8) is 0 Å². The van der Waals surface area contributed by atoms with E-state index in [0.717, 1.165) is 0 Å². The van der Waals surface area contributed by atoms with Crippen LogP contribution in [0.1, 0.15) is 27.6 Å². The number of aliphatic hydroxyl groups excluding tert-OH is 6. The Hall–Kier alpha value is -3.52. The molecule has 276 valence electrons. The fraction of sp³-hybridized carbons (Fsp3) is 0.543. The Balaban J connectivity index is 1.12. The summed E-state index contributed by atoms with van der Waals surface area (Å²) < 4.78 is 47.3. The zero-order valence-electron chi connectivity index (χ0n) is 27.3. The fourth-order valence-electron chi connectivity index (χ4n) is 7.39. The monoisotopic (exact) mass is 716 g/mol. The second-order valence-corrected chi connectivity index (χ2v) is 13.2. The minimum absolute atomic E-state index is 0.186. The minimum atomic E-state index is -1.71. The van der Waals surface area contributed by atoms with Crippen molar-refractivity contribution in [1.82, 2.24) is 0 Å². The van der Waals surface area contributed by atoms with Gasteiger partial charge in [0.25, 0.3) is 0 Å². The molecule has 2 aromatic rings. The molecule has 16 heteroatoms. The standard InChI is InChI=1S/C35H40O16/c1-16-26(47-30(42)17-8-4-2-5-9-17)25(41)28(48-31(43)18-10-6-3-7-11-18)34(45-16)49-27-19-12-13-44-32(21(19)35(15-37)29(27)51-35)50-33-24(40)23(39)22(38)20(14-36)46-33/h2-13,16,19-29,32-34,36-41H,14-15H2,1H3. The summed E-state index contributed by atoms with van der Waals surface area (Å²) in [6, 6.07) is 16.2. The predicted octanol–water partition coefficient (Wildman–Crippen LogP) is -1.01. The highest BCUT2D eigenvalue weighted by Crippen LogP contribution is 2.61. The van der Waals surface area contributed by atoms with Crippen LogP contribution in [0.3, 0.4) is 0 Å². The third-order valence-corrected chi connectivity index (χ3v) is 10.1. The molecule has 0 spiro atoms. The molecule has 1 aliphatic carbocycles. The molecule has 4 heterocycles. The molecule has 0 radical (unpaired) electrons. The van der Waals surface area contributed by atoms with Crippen LogP contribution in [0.5, 0.6) is 0 Å². The van der Waals surface area contributed by atoms with Crippen molar-refractivity contribution in [2.24, 2.45) is 11.8 Å². The number of epoxide rings is 1. The first kappa shape index (κ1) is 35.9. The van der Waals surface area contributed by atoms with Crippen molar-refractivity contribution in [3.05, 3.63) is 84.1 Å². The average molecular weight is 717 g/mol. The highest BCUT2D eigenvalue weighted by atomic mass is 16.8.